The van der Waals surface area contributed by atoms with Gasteiger partial charge in [0.2, 0.25) is 5.91 Å². The van der Waals surface area contributed by atoms with Gasteiger partial charge in [0.05, 0.1) is 6.42 Å². The highest BCUT2D eigenvalue weighted by Gasteiger charge is 2.06. The van der Waals surface area contributed by atoms with Crippen molar-refractivity contribution in [1.82, 2.24) is 4.98 Å². The summed E-state index contributed by atoms with van der Waals surface area (Å²) in [6.45, 7) is 9.86. The van der Waals surface area contributed by atoms with Crippen LogP contribution in [0.4, 0.5) is 5.82 Å². The van der Waals surface area contributed by atoms with E-state index >= 15 is 0 Å². The Morgan fingerprint density at radius 1 is 1.20 bits per heavy atom. The summed E-state index contributed by atoms with van der Waals surface area (Å²) in [4.78, 5) is 16.3. The molecular weight excluding hydrogens is 308 g/mol. The van der Waals surface area contributed by atoms with E-state index in [0.717, 1.165) is 27.8 Å². The molecule has 1 heterocycles. The van der Waals surface area contributed by atoms with Crippen LogP contribution in [0.2, 0.25) is 0 Å². The van der Waals surface area contributed by atoms with Gasteiger partial charge in [0.25, 0.3) is 0 Å². The van der Waals surface area contributed by atoms with Gasteiger partial charge in [-0.15, -0.1) is 0 Å². The number of pyridine rings is 1. The Hall–Kier alpha value is -2.94. The van der Waals surface area contributed by atoms with E-state index in [9.17, 15) is 4.79 Å². The summed E-state index contributed by atoms with van der Waals surface area (Å²) >= 11 is 0. The molecule has 0 atom stereocenters. The zero-order valence-electron chi connectivity index (χ0n) is 15.0. The molecule has 1 aromatic carbocycles. The number of anilines is 1. The second-order valence-electron chi connectivity index (χ2n) is 6.09. The number of carbonyl (C=O) groups excluding carboxylic acids is 1. The fraction of sp³-hybridized carbons (Fsp3) is 0.182. The largest absolute Gasteiger partial charge is 0.310 e. The molecule has 1 amide bonds. The van der Waals surface area contributed by atoms with Gasteiger partial charge in [-0.25, -0.2) is 4.98 Å². The lowest BCUT2D eigenvalue weighted by molar-refractivity contribution is -0.115. The van der Waals surface area contributed by atoms with Crippen LogP contribution in [-0.2, 0) is 11.2 Å². The van der Waals surface area contributed by atoms with Crippen molar-refractivity contribution in [2.24, 2.45) is 0 Å². The van der Waals surface area contributed by atoms with Crippen molar-refractivity contribution in [2.45, 2.75) is 27.2 Å². The Kier molecular flexibility index (Phi) is 6.47. The first-order valence-corrected chi connectivity index (χ1v) is 8.29. The first-order valence-electron chi connectivity index (χ1n) is 8.29. The highest BCUT2D eigenvalue weighted by Crippen LogP contribution is 2.19. The second kappa shape index (κ2) is 8.78. The normalized spacial score (nSPS) is 11.6. The van der Waals surface area contributed by atoms with E-state index in [0.29, 0.717) is 12.2 Å². The number of nitrogens with one attached hydrogen (secondary N) is 1. The number of carbonyl (C=O) groups is 1. The molecule has 0 bridgehead atoms. The highest BCUT2D eigenvalue weighted by molar-refractivity contribution is 5.91. The molecule has 2 aromatic rings. The smallest absolute Gasteiger partial charge is 0.229 e. The maximum Gasteiger partial charge on any atom is 0.229 e. The number of hydrogen-bond acceptors (Lipinski definition) is 2. The van der Waals surface area contributed by atoms with Gasteiger partial charge < -0.3 is 5.32 Å². The monoisotopic (exact) mass is 332 g/mol. The number of aryl methyl sites for hydroxylation is 1. The Morgan fingerprint density at radius 3 is 2.48 bits per heavy atom. The molecule has 0 radical (unpaired) electrons. The minimum atomic E-state index is -0.0738. The van der Waals surface area contributed by atoms with Gasteiger partial charge in [-0.1, -0.05) is 60.7 Å². The number of rotatable bonds is 6. The van der Waals surface area contributed by atoms with Gasteiger partial charge in [0.15, 0.2) is 0 Å². The maximum atomic E-state index is 12.1. The molecule has 128 valence electrons. The molecule has 0 saturated heterocycles. The number of nitrogens with zero attached hydrogens (tertiary/aromatic N) is 1. The minimum absolute atomic E-state index is 0.0738. The van der Waals surface area contributed by atoms with Crippen LogP contribution in [0.3, 0.4) is 0 Å². The molecule has 0 saturated carbocycles. The Labute approximate surface area is 149 Å². The summed E-state index contributed by atoms with van der Waals surface area (Å²) in [5.74, 6) is 0.502. The summed E-state index contributed by atoms with van der Waals surface area (Å²) in [6, 6.07) is 11.7. The first kappa shape index (κ1) is 18.4. The fourth-order valence-corrected chi connectivity index (χ4v) is 2.40. The lowest BCUT2D eigenvalue weighted by Gasteiger charge is -2.07. The standard InChI is InChI=1S/C22H24N2O/c1-5-6-20(13-16(2)3)19-10-8-18(9-11-19)14-22(25)24-21-12-7-17(4)15-23-21/h5-13,15H,2,14H2,1,3-4H3,(H,23,24,25)/b6-5?,20-13+. The summed E-state index contributed by atoms with van der Waals surface area (Å²) in [5, 5.41) is 2.82. The predicted octanol–water partition coefficient (Wildman–Crippen LogP) is 5.11. The highest BCUT2D eigenvalue weighted by atomic mass is 16.1. The summed E-state index contributed by atoms with van der Waals surface area (Å²) in [5.41, 5.74) is 5.24. The predicted molar refractivity (Wildman–Crippen MR) is 105 cm³/mol. The van der Waals surface area contributed by atoms with E-state index < -0.39 is 0 Å². The number of aromatic nitrogens is 1. The molecule has 0 unspecified atom stereocenters. The molecular formula is C22H24N2O. The van der Waals surface area contributed by atoms with Crippen LogP contribution in [0.25, 0.3) is 5.57 Å². The van der Waals surface area contributed by atoms with Gasteiger partial charge in [0, 0.05) is 6.20 Å². The van der Waals surface area contributed by atoms with E-state index in [1.807, 2.05) is 69.3 Å². The van der Waals surface area contributed by atoms with Crippen molar-refractivity contribution in [1.29, 1.82) is 0 Å². The molecule has 0 aliphatic rings. The second-order valence-corrected chi connectivity index (χ2v) is 6.09. The molecule has 0 aliphatic heterocycles. The van der Waals surface area contributed by atoms with E-state index in [1.54, 1.807) is 6.20 Å². The lowest BCUT2D eigenvalue weighted by Crippen LogP contribution is -2.15. The zero-order valence-corrected chi connectivity index (χ0v) is 15.0. The van der Waals surface area contributed by atoms with Crippen molar-refractivity contribution in [2.75, 3.05) is 5.32 Å². The number of hydrogen-bond donors (Lipinski definition) is 1. The van der Waals surface area contributed by atoms with Crippen LogP contribution in [0.15, 0.2) is 73.0 Å². The quantitative estimate of drug-likeness (QED) is 0.747. The summed E-state index contributed by atoms with van der Waals surface area (Å²) < 4.78 is 0. The number of amides is 1. The molecule has 2 rings (SSSR count). The number of allylic oxidation sites excluding steroid dienone is 5. The average Bonchev–Trinajstić information content (AvgIpc) is 2.57. The van der Waals surface area contributed by atoms with Crippen LogP contribution in [0, 0.1) is 6.92 Å². The Bertz CT molecular complexity index is 797. The minimum Gasteiger partial charge on any atom is -0.310 e. The zero-order chi connectivity index (χ0) is 18.2. The van der Waals surface area contributed by atoms with E-state index in [4.69, 9.17) is 0 Å². The third kappa shape index (κ3) is 5.88. The maximum absolute atomic E-state index is 12.1. The molecule has 0 spiro atoms. The van der Waals surface area contributed by atoms with Crippen molar-refractivity contribution < 1.29 is 4.79 Å². The van der Waals surface area contributed by atoms with Gasteiger partial charge >= 0.3 is 0 Å². The van der Waals surface area contributed by atoms with Gasteiger partial charge in [-0.2, -0.15) is 0 Å². The van der Waals surface area contributed by atoms with E-state index in [2.05, 4.69) is 23.0 Å². The molecule has 3 heteroatoms. The number of benzene rings is 1. The Morgan fingerprint density at radius 2 is 1.92 bits per heavy atom. The van der Waals surface area contributed by atoms with Gasteiger partial charge in [-0.05, 0) is 49.1 Å². The first-order chi connectivity index (χ1) is 12.0. The Balaban J connectivity index is 2.05. The lowest BCUT2D eigenvalue weighted by atomic mass is 10.0. The molecule has 25 heavy (non-hydrogen) atoms. The van der Waals surface area contributed by atoms with Crippen molar-refractivity contribution in [3.8, 4) is 0 Å². The van der Waals surface area contributed by atoms with Gasteiger partial charge in [-0.3, -0.25) is 4.79 Å². The van der Waals surface area contributed by atoms with E-state index in [1.165, 1.54) is 0 Å². The summed E-state index contributed by atoms with van der Waals surface area (Å²) in [6.07, 6.45) is 8.16. The summed E-state index contributed by atoms with van der Waals surface area (Å²) in [7, 11) is 0. The molecule has 3 nitrogen and oxygen atoms in total. The molecule has 0 fully saturated rings. The topological polar surface area (TPSA) is 42.0 Å². The van der Waals surface area contributed by atoms with Crippen LogP contribution in [0.5, 0.6) is 0 Å². The van der Waals surface area contributed by atoms with Gasteiger partial charge in [0.1, 0.15) is 5.82 Å². The van der Waals surface area contributed by atoms with Crippen LogP contribution in [-0.4, -0.2) is 10.9 Å². The van der Waals surface area contributed by atoms with Crippen molar-refractivity contribution in [3.63, 3.8) is 0 Å². The van der Waals surface area contributed by atoms with Crippen molar-refractivity contribution >= 4 is 17.3 Å². The molecule has 1 N–H and O–H groups in total. The molecule has 0 aliphatic carbocycles. The average molecular weight is 332 g/mol. The van der Waals surface area contributed by atoms with Crippen LogP contribution >= 0.6 is 0 Å². The third-order valence-electron chi connectivity index (χ3n) is 3.58. The van der Waals surface area contributed by atoms with Crippen LogP contribution < -0.4 is 5.32 Å². The fourth-order valence-electron chi connectivity index (χ4n) is 2.40. The third-order valence-corrected chi connectivity index (χ3v) is 3.58. The SMILES string of the molecule is C=C(C)/C=C(\C=CC)c1ccc(CC(=O)Nc2ccc(C)cn2)cc1. The molecule has 1 aromatic heterocycles. The van der Waals surface area contributed by atoms with Crippen molar-refractivity contribution in [3.05, 3.63) is 89.7 Å². The van der Waals surface area contributed by atoms with Crippen LogP contribution in [0.1, 0.15) is 30.5 Å². The van der Waals surface area contributed by atoms with E-state index in [-0.39, 0.29) is 5.91 Å².